The molecule has 0 spiro atoms. The Morgan fingerprint density at radius 2 is 2.41 bits per heavy atom. The molecule has 1 aliphatic rings. The number of rotatable bonds is 4. The van der Waals surface area contributed by atoms with Gasteiger partial charge in [0.05, 0.1) is 13.2 Å². The van der Waals surface area contributed by atoms with Crippen LogP contribution in [0, 0.1) is 13.8 Å². The number of aryl methyl sites for hydroxylation is 2. The van der Waals surface area contributed by atoms with Gasteiger partial charge in [0.1, 0.15) is 17.7 Å². The van der Waals surface area contributed by atoms with E-state index in [1.54, 1.807) is 17.9 Å². The highest BCUT2D eigenvalue weighted by Gasteiger charge is 2.28. The second-order valence-electron chi connectivity index (χ2n) is 5.04. The smallest absolute Gasteiger partial charge is 0.260 e. The Hall–Kier alpha value is -2.42. The van der Waals surface area contributed by atoms with Crippen LogP contribution in [-0.4, -0.2) is 57.4 Å². The fraction of sp³-hybridized carbons (Fsp3) is 0.538. The molecule has 1 atom stereocenters. The minimum absolute atomic E-state index is 0.0916. The van der Waals surface area contributed by atoms with Gasteiger partial charge in [0, 0.05) is 12.6 Å². The van der Waals surface area contributed by atoms with E-state index in [2.05, 4.69) is 20.3 Å². The van der Waals surface area contributed by atoms with E-state index >= 15 is 0 Å². The molecule has 0 aliphatic carbocycles. The van der Waals surface area contributed by atoms with Gasteiger partial charge in [-0.2, -0.15) is 5.10 Å². The second kappa shape index (κ2) is 6.14. The van der Waals surface area contributed by atoms with Crippen LogP contribution in [0.5, 0.6) is 5.88 Å². The third-order valence-electron chi connectivity index (χ3n) is 3.27. The van der Waals surface area contributed by atoms with E-state index in [4.69, 9.17) is 14.0 Å². The molecule has 22 heavy (non-hydrogen) atoms. The first-order chi connectivity index (χ1) is 10.6. The molecule has 3 heterocycles. The zero-order chi connectivity index (χ0) is 15.5. The van der Waals surface area contributed by atoms with Crippen LogP contribution in [-0.2, 0) is 9.53 Å². The first kappa shape index (κ1) is 14.5. The number of nitrogens with one attached hydrogen (secondary N) is 1. The van der Waals surface area contributed by atoms with Crippen LogP contribution < -0.4 is 4.74 Å². The predicted octanol–water partition coefficient (Wildman–Crippen LogP) is 0.388. The molecule has 3 rings (SSSR count). The Kier molecular flexibility index (Phi) is 4.05. The average molecular weight is 307 g/mol. The zero-order valence-electron chi connectivity index (χ0n) is 12.4. The van der Waals surface area contributed by atoms with Crippen LogP contribution >= 0.6 is 0 Å². The molecular weight excluding hydrogens is 290 g/mol. The van der Waals surface area contributed by atoms with Crippen molar-refractivity contribution in [2.45, 2.75) is 20.0 Å². The van der Waals surface area contributed by atoms with Crippen molar-refractivity contribution in [1.29, 1.82) is 0 Å². The van der Waals surface area contributed by atoms with Gasteiger partial charge in [0.2, 0.25) is 0 Å². The van der Waals surface area contributed by atoms with Crippen molar-refractivity contribution in [2.75, 3.05) is 26.3 Å². The molecule has 9 nitrogen and oxygen atoms in total. The van der Waals surface area contributed by atoms with Gasteiger partial charge in [0.15, 0.2) is 12.4 Å². The highest BCUT2D eigenvalue weighted by molar-refractivity contribution is 5.77. The Labute approximate surface area is 126 Å². The quantitative estimate of drug-likeness (QED) is 0.870. The second-order valence-corrected chi connectivity index (χ2v) is 5.04. The minimum atomic E-state index is -0.322. The number of ether oxygens (including phenoxy) is 2. The number of aromatic amines is 1. The molecular formula is C13H17N5O4. The molecule has 1 aliphatic heterocycles. The number of hydrogen-bond acceptors (Lipinski definition) is 7. The van der Waals surface area contributed by atoms with Gasteiger partial charge in [-0.1, -0.05) is 0 Å². The van der Waals surface area contributed by atoms with Crippen LogP contribution in [0.4, 0.5) is 0 Å². The Bertz CT molecular complexity index is 652. The molecule has 2 aromatic heterocycles. The summed E-state index contributed by atoms with van der Waals surface area (Å²) in [5.41, 5.74) is 0. The van der Waals surface area contributed by atoms with Crippen molar-refractivity contribution in [3.63, 3.8) is 0 Å². The standard InChI is InChI=1S/C13H17N5O4/c1-8-5-11(17-22-8)21-7-12(19)18-3-4-20-10(6-18)13-14-9(2)15-16-13/h5,10H,3-4,6-7H2,1-2H3,(H,14,15,16). The van der Waals surface area contributed by atoms with Gasteiger partial charge in [-0.25, -0.2) is 4.98 Å². The zero-order valence-corrected chi connectivity index (χ0v) is 12.4. The van der Waals surface area contributed by atoms with Crippen molar-refractivity contribution in [3.05, 3.63) is 23.5 Å². The highest BCUT2D eigenvalue weighted by Crippen LogP contribution is 2.19. The monoisotopic (exact) mass is 307 g/mol. The summed E-state index contributed by atoms with van der Waals surface area (Å²) in [6.07, 6.45) is -0.322. The molecule has 0 saturated carbocycles. The van der Waals surface area contributed by atoms with E-state index < -0.39 is 0 Å². The molecule has 9 heteroatoms. The molecule has 2 aromatic rings. The fourth-order valence-corrected chi connectivity index (χ4v) is 2.17. The van der Waals surface area contributed by atoms with Crippen molar-refractivity contribution in [1.82, 2.24) is 25.2 Å². The lowest BCUT2D eigenvalue weighted by Crippen LogP contribution is -2.44. The minimum Gasteiger partial charge on any atom is -0.465 e. The van der Waals surface area contributed by atoms with Crippen LogP contribution in [0.1, 0.15) is 23.5 Å². The van der Waals surface area contributed by atoms with Gasteiger partial charge >= 0.3 is 0 Å². The first-order valence-electron chi connectivity index (χ1n) is 6.96. The number of hydrogen-bond donors (Lipinski definition) is 1. The maximum atomic E-state index is 12.2. The Balaban J connectivity index is 1.55. The third-order valence-corrected chi connectivity index (χ3v) is 3.27. The van der Waals surface area contributed by atoms with Crippen LogP contribution in [0.15, 0.2) is 10.6 Å². The number of aromatic nitrogens is 4. The summed E-state index contributed by atoms with van der Waals surface area (Å²) >= 11 is 0. The SMILES string of the molecule is Cc1nc(C2CN(C(=O)COc3cc(C)on3)CCO2)n[nH]1. The summed E-state index contributed by atoms with van der Waals surface area (Å²) in [4.78, 5) is 18.1. The Morgan fingerprint density at radius 3 is 3.09 bits per heavy atom. The lowest BCUT2D eigenvalue weighted by Gasteiger charge is -2.31. The number of carbonyl (C=O) groups excluding carboxylic acids is 1. The van der Waals surface area contributed by atoms with Gasteiger partial charge in [-0.15, -0.1) is 0 Å². The predicted molar refractivity (Wildman–Crippen MR) is 73.1 cm³/mol. The average Bonchev–Trinajstić information content (AvgIpc) is 3.13. The molecule has 1 fully saturated rings. The highest BCUT2D eigenvalue weighted by atomic mass is 16.5. The normalized spacial score (nSPS) is 18.5. The van der Waals surface area contributed by atoms with Crippen molar-refractivity contribution < 1.29 is 18.8 Å². The maximum absolute atomic E-state index is 12.2. The molecule has 1 unspecified atom stereocenters. The lowest BCUT2D eigenvalue weighted by molar-refractivity contribution is -0.141. The van der Waals surface area contributed by atoms with E-state index in [9.17, 15) is 4.79 Å². The van der Waals surface area contributed by atoms with E-state index in [1.165, 1.54) is 0 Å². The van der Waals surface area contributed by atoms with Crippen molar-refractivity contribution in [2.24, 2.45) is 0 Å². The van der Waals surface area contributed by atoms with Gasteiger partial charge < -0.3 is 18.9 Å². The molecule has 0 radical (unpaired) electrons. The first-order valence-corrected chi connectivity index (χ1v) is 6.96. The Morgan fingerprint density at radius 1 is 1.55 bits per heavy atom. The van der Waals surface area contributed by atoms with Crippen molar-refractivity contribution >= 4 is 5.91 Å². The summed E-state index contributed by atoms with van der Waals surface area (Å²) in [7, 11) is 0. The summed E-state index contributed by atoms with van der Waals surface area (Å²) in [6, 6.07) is 1.63. The van der Waals surface area contributed by atoms with E-state index in [-0.39, 0.29) is 18.6 Å². The molecule has 1 amide bonds. The van der Waals surface area contributed by atoms with Crippen LogP contribution in [0.2, 0.25) is 0 Å². The molecule has 1 N–H and O–H groups in total. The number of morpholine rings is 1. The topological polar surface area (TPSA) is 106 Å². The van der Waals surface area contributed by atoms with Crippen LogP contribution in [0.25, 0.3) is 0 Å². The van der Waals surface area contributed by atoms with Crippen LogP contribution in [0.3, 0.4) is 0 Å². The lowest BCUT2D eigenvalue weighted by atomic mass is 10.2. The van der Waals surface area contributed by atoms with Gasteiger partial charge in [-0.3, -0.25) is 9.89 Å². The van der Waals surface area contributed by atoms with Crippen molar-refractivity contribution in [3.8, 4) is 5.88 Å². The van der Waals surface area contributed by atoms with E-state index in [0.717, 1.165) is 0 Å². The largest absolute Gasteiger partial charge is 0.465 e. The summed E-state index contributed by atoms with van der Waals surface area (Å²) in [5, 5.41) is 10.5. The molecule has 1 saturated heterocycles. The molecule has 0 aromatic carbocycles. The maximum Gasteiger partial charge on any atom is 0.260 e. The third kappa shape index (κ3) is 3.25. The molecule has 0 bridgehead atoms. The molecule has 118 valence electrons. The number of nitrogens with zero attached hydrogens (tertiary/aromatic N) is 4. The summed E-state index contributed by atoms with van der Waals surface area (Å²) in [6.45, 7) is 4.83. The van der Waals surface area contributed by atoms with Gasteiger partial charge in [-0.05, 0) is 19.0 Å². The fourth-order valence-electron chi connectivity index (χ4n) is 2.17. The number of carbonyl (C=O) groups is 1. The summed E-state index contributed by atoms with van der Waals surface area (Å²) in [5.74, 6) is 2.07. The number of amides is 1. The number of H-pyrrole nitrogens is 1. The van der Waals surface area contributed by atoms with E-state index in [1.807, 2.05) is 6.92 Å². The summed E-state index contributed by atoms with van der Waals surface area (Å²) < 4.78 is 15.8. The van der Waals surface area contributed by atoms with Gasteiger partial charge in [0.25, 0.3) is 11.8 Å². The van der Waals surface area contributed by atoms with E-state index in [0.29, 0.717) is 43.0 Å².